The van der Waals surface area contributed by atoms with Crippen molar-refractivity contribution in [2.75, 3.05) is 7.11 Å². The fourth-order valence-electron chi connectivity index (χ4n) is 5.24. The summed E-state index contributed by atoms with van der Waals surface area (Å²) in [4.78, 5) is 26.0. The first-order valence-electron chi connectivity index (χ1n) is 13.6. The van der Waals surface area contributed by atoms with E-state index in [0.717, 1.165) is 59.6 Å². The van der Waals surface area contributed by atoms with Gasteiger partial charge in [0.05, 0.1) is 23.4 Å². The highest BCUT2D eigenvalue weighted by atomic mass is 32.2. The van der Waals surface area contributed by atoms with E-state index >= 15 is 0 Å². The smallest absolute Gasteiger partial charge is 0.267 e. The molecule has 1 amide bonds. The lowest BCUT2D eigenvalue weighted by atomic mass is 9.94. The minimum atomic E-state index is -0.00329. The minimum Gasteiger partial charge on any atom is -0.497 e. The van der Waals surface area contributed by atoms with E-state index in [-0.39, 0.29) is 11.9 Å². The third-order valence-corrected chi connectivity index (χ3v) is 8.26. The molecule has 1 saturated carbocycles. The van der Waals surface area contributed by atoms with E-state index in [1.165, 1.54) is 18.2 Å². The van der Waals surface area contributed by atoms with Gasteiger partial charge in [-0.3, -0.25) is 9.69 Å². The molecular formula is C32H31N5O2S. The van der Waals surface area contributed by atoms with Gasteiger partial charge < -0.3 is 4.74 Å². The molecular weight excluding hydrogens is 518 g/mol. The topological polar surface area (TPSA) is 72.6 Å². The molecule has 0 bridgehead atoms. The van der Waals surface area contributed by atoms with E-state index in [9.17, 15) is 4.79 Å². The van der Waals surface area contributed by atoms with Crippen molar-refractivity contribution in [3.05, 3.63) is 95.2 Å². The molecule has 3 heterocycles. The van der Waals surface area contributed by atoms with Crippen LogP contribution in [0, 0.1) is 6.92 Å². The van der Waals surface area contributed by atoms with Crippen molar-refractivity contribution in [3.8, 4) is 22.7 Å². The minimum absolute atomic E-state index is 0.00329. The lowest BCUT2D eigenvalue weighted by Crippen LogP contribution is -2.40. The summed E-state index contributed by atoms with van der Waals surface area (Å²) in [6.07, 6.45) is 9.38. The summed E-state index contributed by atoms with van der Waals surface area (Å²) >= 11 is 1.42. The van der Waals surface area contributed by atoms with Crippen LogP contribution in [0.5, 0.6) is 5.75 Å². The number of methoxy groups -OCH3 is 1. The summed E-state index contributed by atoms with van der Waals surface area (Å²) in [7, 11) is 1.65. The maximum Gasteiger partial charge on any atom is 0.267 e. The summed E-state index contributed by atoms with van der Waals surface area (Å²) in [5.74, 6) is 1.39. The van der Waals surface area contributed by atoms with Crippen molar-refractivity contribution in [3.63, 3.8) is 0 Å². The quantitative estimate of drug-likeness (QED) is 0.238. The van der Waals surface area contributed by atoms with Crippen molar-refractivity contribution in [2.45, 2.75) is 45.1 Å². The molecule has 2 fully saturated rings. The van der Waals surface area contributed by atoms with Gasteiger partial charge in [-0.25, -0.2) is 14.7 Å². The number of amides is 1. The van der Waals surface area contributed by atoms with E-state index < -0.39 is 0 Å². The maximum absolute atomic E-state index is 14.0. The van der Waals surface area contributed by atoms with Crippen molar-refractivity contribution in [2.24, 2.45) is 4.99 Å². The third-order valence-electron chi connectivity index (χ3n) is 7.27. The van der Waals surface area contributed by atoms with Gasteiger partial charge in [-0.1, -0.05) is 43.5 Å². The number of hydrogen-bond acceptors (Lipinski definition) is 6. The van der Waals surface area contributed by atoms with Gasteiger partial charge in [-0.05, 0) is 86.1 Å². The first kappa shape index (κ1) is 26.1. The molecule has 4 aromatic rings. The van der Waals surface area contributed by atoms with Gasteiger partial charge in [-0.2, -0.15) is 5.10 Å². The monoisotopic (exact) mass is 549 g/mol. The average molecular weight is 550 g/mol. The highest BCUT2D eigenvalue weighted by Gasteiger charge is 2.39. The Hall–Kier alpha value is -4.17. The molecule has 1 aliphatic carbocycles. The SMILES string of the molecule is COc1ccc(-c2nn(-c3ccccc3)cc2/C=C2\S/C(=N/c3cccc(C)n3)N(C3CCCCC3)C2=O)cc1. The van der Waals surface area contributed by atoms with Crippen LogP contribution in [-0.4, -0.2) is 43.9 Å². The molecule has 202 valence electrons. The Kier molecular flexibility index (Phi) is 7.51. The zero-order valence-electron chi connectivity index (χ0n) is 22.7. The van der Waals surface area contributed by atoms with Gasteiger partial charge in [0.2, 0.25) is 0 Å². The maximum atomic E-state index is 14.0. The number of nitrogens with zero attached hydrogens (tertiary/aromatic N) is 5. The summed E-state index contributed by atoms with van der Waals surface area (Å²) in [5, 5.41) is 5.63. The predicted octanol–water partition coefficient (Wildman–Crippen LogP) is 7.19. The molecule has 2 aliphatic rings. The molecule has 0 radical (unpaired) electrons. The second kappa shape index (κ2) is 11.5. The molecule has 0 atom stereocenters. The first-order valence-corrected chi connectivity index (χ1v) is 14.5. The molecule has 0 N–H and O–H groups in total. The van der Waals surface area contributed by atoms with Gasteiger partial charge in [0, 0.05) is 29.1 Å². The Labute approximate surface area is 238 Å². The van der Waals surface area contributed by atoms with Crippen LogP contribution in [0.3, 0.4) is 0 Å². The van der Waals surface area contributed by atoms with Crippen molar-refractivity contribution >= 4 is 34.7 Å². The van der Waals surface area contributed by atoms with Crippen molar-refractivity contribution in [1.29, 1.82) is 0 Å². The Morgan fingerprint density at radius 3 is 2.48 bits per heavy atom. The van der Waals surface area contributed by atoms with E-state index in [2.05, 4.69) is 4.98 Å². The van der Waals surface area contributed by atoms with E-state index in [4.69, 9.17) is 14.8 Å². The van der Waals surface area contributed by atoms with Crippen LogP contribution in [-0.2, 0) is 4.79 Å². The zero-order chi connectivity index (χ0) is 27.5. The fourth-order valence-corrected chi connectivity index (χ4v) is 6.27. The zero-order valence-corrected chi connectivity index (χ0v) is 23.5. The lowest BCUT2D eigenvalue weighted by Gasteiger charge is -2.30. The van der Waals surface area contributed by atoms with Gasteiger partial charge in [-0.15, -0.1) is 0 Å². The van der Waals surface area contributed by atoms with E-state index in [1.807, 2.05) is 102 Å². The number of hydrogen-bond donors (Lipinski definition) is 0. The van der Waals surface area contributed by atoms with Crippen LogP contribution in [0.15, 0.2) is 88.9 Å². The van der Waals surface area contributed by atoms with E-state index in [1.54, 1.807) is 7.11 Å². The van der Waals surface area contributed by atoms with Gasteiger partial charge in [0.25, 0.3) is 5.91 Å². The van der Waals surface area contributed by atoms with Crippen molar-refractivity contribution in [1.82, 2.24) is 19.7 Å². The first-order chi connectivity index (χ1) is 19.6. The van der Waals surface area contributed by atoms with Crippen LogP contribution in [0.2, 0.25) is 0 Å². The van der Waals surface area contributed by atoms with Gasteiger partial charge >= 0.3 is 0 Å². The summed E-state index contributed by atoms with van der Waals surface area (Å²) in [6, 6.07) is 23.8. The molecule has 0 spiro atoms. The number of ether oxygens (including phenoxy) is 1. The molecule has 2 aromatic heterocycles. The number of para-hydroxylation sites is 1. The number of thioether (sulfide) groups is 1. The predicted molar refractivity (Wildman–Crippen MR) is 161 cm³/mol. The molecule has 7 nitrogen and oxygen atoms in total. The average Bonchev–Trinajstić information content (AvgIpc) is 3.54. The van der Waals surface area contributed by atoms with E-state index in [0.29, 0.717) is 15.9 Å². The third kappa shape index (κ3) is 5.45. The molecule has 0 unspecified atom stereocenters. The molecule has 1 saturated heterocycles. The number of carbonyl (C=O) groups excluding carboxylic acids is 1. The highest BCUT2D eigenvalue weighted by molar-refractivity contribution is 8.18. The second-order valence-electron chi connectivity index (χ2n) is 10.1. The molecule has 40 heavy (non-hydrogen) atoms. The number of carbonyl (C=O) groups is 1. The molecule has 8 heteroatoms. The van der Waals surface area contributed by atoms with Crippen LogP contribution >= 0.6 is 11.8 Å². The molecule has 2 aromatic carbocycles. The highest BCUT2D eigenvalue weighted by Crippen LogP contribution is 2.39. The normalized spacial score (nSPS) is 18.1. The Morgan fingerprint density at radius 1 is 0.975 bits per heavy atom. The number of aryl methyl sites for hydroxylation is 1. The van der Waals surface area contributed by atoms with Crippen molar-refractivity contribution < 1.29 is 9.53 Å². The standard InChI is InChI=1S/C32H31N5O2S/c1-22-10-9-15-29(33-22)34-32-37(26-13-7-4-8-14-26)31(38)28(40-32)20-24-21-36(25-11-5-3-6-12-25)35-30(24)23-16-18-27(39-2)19-17-23/h3,5-6,9-12,15-21,26H,4,7-8,13-14H2,1-2H3/b28-20-,34-32+. The van der Waals surface area contributed by atoms with Gasteiger partial charge in [0.1, 0.15) is 5.75 Å². The largest absolute Gasteiger partial charge is 0.497 e. The fraction of sp³-hybridized carbons (Fsp3) is 0.250. The summed E-state index contributed by atoms with van der Waals surface area (Å²) in [6.45, 7) is 1.95. The summed E-state index contributed by atoms with van der Waals surface area (Å²) < 4.78 is 7.22. The Bertz CT molecular complexity index is 1570. The Balaban J connectivity index is 1.43. The van der Waals surface area contributed by atoms with Gasteiger partial charge in [0.15, 0.2) is 11.0 Å². The lowest BCUT2D eigenvalue weighted by molar-refractivity contribution is -0.124. The molecule has 6 rings (SSSR count). The Morgan fingerprint density at radius 2 is 1.75 bits per heavy atom. The van der Waals surface area contributed by atoms with Crippen LogP contribution < -0.4 is 4.74 Å². The number of aromatic nitrogens is 3. The number of benzene rings is 2. The summed E-state index contributed by atoms with van der Waals surface area (Å²) in [5.41, 5.74) is 4.45. The van der Waals surface area contributed by atoms with Crippen LogP contribution in [0.25, 0.3) is 23.0 Å². The number of pyridine rings is 1. The second-order valence-corrected chi connectivity index (χ2v) is 11.1. The number of amidine groups is 1. The number of aliphatic imine (C=N–C) groups is 1. The van der Waals surface area contributed by atoms with Crippen LogP contribution in [0.4, 0.5) is 5.82 Å². The molecule has 1 aliphatic heterocycles. The van der Waals surface area contributed by atoms with Crippen LogP contribution in [0.1, 0.15) is 43.4 Å². The number of rotatable bonds is 6.